The van der Waals surface area contributed by atoms with Crippen LogP contribution >= 0.6 is 10.7 Å². The molecule has 0 radical (unpaired) electrons. The molecular formula is C8H14ClN3O2S. The fraction of sp³-hybridized carbons (Fsp3) is 0.750. The Balaban J connectivity index is 3.06. The van der Waals surface area contributed by atoms with Gasteiger partial charge < -0.3 is 4.57 Å². The van der Waals surface area contributed by atoms with Gasteiger partial charge in [0.2, 0.25) is 0 Å². The Morgan fingerprint density at radius 3 is 2.47 bits per heavy atom. The normalized spacial score (nSPS) is 11.9. The van der Waals surface area contributed by atoms with Crippen LogP contribution in [0.1, 0.15) is 32.5 Å². The monoisotopic (exact) mass is 251 g/mol. The molecule has 5 nitrogen and oxygen atoms in total. The summed E-state index contributed by atoms with van der Waals surface area (Å²) < 4.78 is 23.8. The number of aryl methyl sites for hydroxylation is 1. The molecule has 86 valence electrons. The van der Waals surface area contributed by atoms with Gasteiger partial charge in [0.1, 0.15) is 5.82 Å². The van der Waals surface area contributed by atoms with Crippen molar-refractivity contribution in [3.63, 3.8) is 0 Å². The molecule has 0 amide bonds. The summed E-state index contributed by atoms with van der Waals surface area (Å²) in [6, 6.07) is 0. The summed E-state index contributed by atoms with van der Waals surface area (Å²) in [5.74, 6) is 0.679. The molecule has 0 aliphatic heterocycles. The van der Waals surface area contributed by atoms with Crippen molar-refractivity contribution < 1.29 is 8.42 Å². The molecule has 0 bridgehead atoms. The van der Waals surface area contributed by atoms with E-state index >= 15 is 0 Å². The Morgan fingerprint density at radius 2 is 2.00 bits per heavy atom. The van der Waals surface area contributed by atoms with Crippen LogP contribution in [0.4, 0.5) is 0 Å². The van der Waals surface area contributed by atoms with E-state index in [4.69, 9.17) is 10.7 Å². The molecule has 0 unspecified atom stereocenters. The summed E-state index contributed by atoms with van der Waals surface area (Å²) in [5.41, 5.74) is 0. The van der Waals surface area contributed by atoms with E-state index < -0.39 is 9.05 Å². The van der Waals surface area contributed by atoms with E-state index in [0.29, 0.717) is 12.4 Å². The number of nitrogens with zero attached hydrogens (tertiary/aromatic N) is 3. The van der Waals surface area contributed by atoms with Gasteiger partial charge in [-0.15, -0.1) is 10.2 Å². The molecule has 0 aromatic carbocycles. The highest BCUT2D eigenvalue weighted by molar-refractivity contribution is 8.13. The quantitative estimate of drug-likeness (QED) is 0.745. The van der Waals surface area contributed by atoms with Gasteiger partial charge in [-0.3, -0.25) is 0 Å². The lowest BCUT2D eigenvalue weighted by Gasteiger charge is -2.04. The lowest BCUT2D eigenvalue weighted by Crippen LogP contribution is -2.08. The van der Waals surface area contributed by atoms with E-state index in [9.17, 15) is 8.42 Å². The van der Waals surface area contributed by atoms with Gasteiger partial charge in [0.15, 0.2) is 0 Å². The smallest absolute Gasteiger partial charge is 0.296 e. The summed E-state index contributed by atoms with van der Waals surface area (Å²) in [6.07, 6.45) is 2.71. The molecule has 0 atom stereocenters. The lowest BCUT2D eigenvalue weighted by molar-refractivity contribution is 0.571. The van der Waals surface area contributed by atoms with Gasteiger partial charge in [0, 0.05) is 23.6 Å². The van der Waals surface area contributed by atoms with Crippen LogP contribution in [0.5, 0.6) is 0 Å². The maximum Gasteiger partial charge on any atom is 0.296 e. The summed E-state index contributed by atoms with van der Waals surface area (Å²) in [5, 5.41) is 7.29. The number of hydrogen-bond donors (Lipinski definition) is 0. The lowest BCUT2D eigenvalue weighted by atomic mass is 10.2. The van der Waals surface area contributed by atoms with Gasteiger partial charge in [0.25, 0.3) is 14.2 Å². The second kappa shape index (κ2) is 4.94. The first-order valence-electron chi connectivity index (χ1n) is 4.87. The average Bonchev–Trinajstić information content (AvgIpc) is 2.56. The molecule has 0 aliphatic carbocycles. The van der Waals surface area contributed by atoms with Crippen molar-refractivity contribution >= 4 is 19.7 Å². The molecule has 1 heterocycles. The van der Waals surface area contributed by atoms with Crippen molar-refractivity contribution in [2.75, 3.05) is 0 Å². The van der Waals surface area contributed by atoms with Crippen LogP contribution in [0.15, 0.2) is 5.16 Å². The second-order valence-electron chi connectivity index (χ2n) is 3.18. The maximum atomic E-state index is 11.1. The van der Waals surface area contributed by atoms with E-state index in [1.807, 2.05) is 6.92 Å². The van der Waals surface area contributed by atoms with E-state index in [2.05, 4.69) is 17.1 Å². The third kappa shape index (κ3) is 2.92. The first kappa shape index (κ1) is 12.4. The zero-order valence-electron chi connectivity index (χ0n) is 8.77. The highest BCUT2D eigenvalue weighted by Crippen LogP contribution is 2.15. The number of hydrogen-bond acceptors (Lipinski definition) is 4. The minimum atomic E-state index is -3.79. The maximum absolute atomic E-state index is 11.1. The van der Waals surface area contributed by atoms with Gasteiger partial charge >= 0.3 is 0 Å². The van der Waals surface area contributed by atoms with Crippen molar-refractivity contribution in [1.29, 1.82) is 0 Å². The van der Waals surface area contributed by atoms with Crippen LogP contribution in [-0.4, -0.2) is 23.2 Å². The van der Waals surface area contributed by atoms with Crippen LogP contribution in [0.3, 0.4) is 0 Å². The van der Waals surface area contributed by atoms with Gasteiger partial charge in [-0.2, -0.15) is 0 Å². The number of unbranched alkanes of at least 4 members (excludes halogenated alkanes) is 1. The Bertz CT molecular complexity index is 427. The minimum absolute atomic E-state index is 0.155. The largest absolute Gasteiger partial charge is 0.301 e. The Hall–Kier alpha value is -0.620. The number of rotatable bonds is 5. The first-order chi connectivity index (χ1) is 7.00. The number of aromatic nitrogens is 3. The Kier molecular flexibility index (Phi) is 4.10. The summed E-state index contributed by atoms with van der Waals surface area (Å²) in [7, 11) is 1.45. The predicted octanol–water partition coefficient (Wildman–Crippen LogP) is 1.57. The van der Waals surface area contributed by atoms with Crippen molar-refractivity contribution in [1.82, 2.24) is 14.8 Å². The van der Waals surface area contributed by atoms with Crippen molar-refractivity contribution in [3.05, 3.63) is 5.82 Å². The molecule has 0 saturated heterocycles. The van der Waals surface area contributed by atoms with Gasteiger partial charge in [-0.25, -0.2) is 8.42 Å². The van der Waals surface area contributed by atoms with Crippen molar-refractivity contribution in [2.45, 2.75) is 44.8 Å². The molecule has 0 fully saturated rings. The molecule has 1 aromatic heterocycles. The van der Waals surface area contributed by atoms with Crippen molar-refractivity contribution in [3.8, 4) is 0 Å². The standard InChI is InChI=1S/C8H14ClN3O2S/c1-3-5-6-7-10-11-8(12(7)4-2)15(9,13)14/h3-6H2,1-2H3. The molecule has 0 aliphatic rings. The van der Waals surface area contributed by atoms with E-state index in [-0.39, 0.29) is 5.16 Å². The highest BCUT2D eigenvalue weighted by Gasteiger charge is 2.20. The third-order valence-electron chi connectivity index (χ3n) is 2.08. The Labute approximate surface area is 93.9 Å². The van der Waals surface area contributed by atoms with E-state index in [1.165, 1.54) is 4.57 Å². The van der Waals surface area contributed by atoms with Crippen LogP contribution in [0.25, 0.3) is 0 Å². The molecule has 7 heteroatoms. The molecule has 0 spiro atoms. The predicted molar refractivity (Wildman–Crippen MR) is 57.3 cm³/mol. The van der Waals surface area contributed by atoms with Crippen LogP contribution in [0.2, 0.25) is 0 Å². The summed E-state index contributed by atoms with van der Waals surface area (Å²) in [6.45, 7) is 4.41. The molecule has 1 rings (SSSR count). The van der Waals surface area contributed by atoms with E-state index in [1.54, 1.807) is 0 Å². The van der Waals surface area contributed by atoms with Crippen LogP contribution in [0, 0.1) is 0 Å². The molecular weight excluding hydrogens is 238 g/mol. The van der Waals surface area contributed by atoms with Crippen molar-refractivity contribution in [2.24, 2.45) is 0 Å². The van der Waals surface area contributed by atoms with Gasteiger partial charge in [-0.05, 0) is 13.3 Å². The molecule has 0 saturated carbocycles. The van der Waals surface area contributed by atoms with Gasteiger partial charge in [0.05, 0.1) is 0 Å². The second-order valence-corrected chi connectivity index (χ2v) is 5.64. The number of halogens is 1. The molecule has 1 aromatic rings. The fourth-order valence-corrected chi connectivity index (χ4v) is 2.32. The zero-order chi connectivity index (χ0) is 11.5. The van der Waals surface area contributed by atoms with Crippen LogP contribution in [-0.2, 0) is 22.0 Å². The summed E-state index contributed by atoms with van der Waals surface area (Å²) >= 11 is 0. The third-order valence-corrected chi connectivity index (χ3v) is 3.23. The SMILES string of the molecule is CCCCc1nnc(S(=O)(=O)Cl)n1CC. The topological polar surface area (TPSA) is 64.8 Å². The first-order valence-corrected chi connectivity index (χ1v) is 7.18. The van der Waals surface area contributed by atoms with Crippen LogP contribution < -0.4 is 0 Å². The molecule has 0 N–H and O–H groups in total. The molecule has 15 heavy (non-hydrogen) atoms. The Morgan fingerprint density at radius 1 is 1.33 bits per heavy atom. The average molecular weight is 252 g/mol. The highest BCUT2D eigenvalue weighted by atomic mass is 35.7. The fourth-order valence-electron chi connectivity index (χ4n) is 1.34. The minimum Gasteiger partial charge on any atom is -0.301 e. The summed E-state index contributed by atoms with van der Waals surface area (Å²) in [4.78, 5) is 0. The zero-order valence-corrected chi connectivity index (χ0v) is 10.3. The van der Waals surface area contributed by atoms with Gasteiger partial charge in [-0.1, -0.05) is 13.3 Å². The van der Waals surface area contributed by atoms with E-state index in [0.717, 1.165) is 19.3 Å².